The molecule has 35 heavy (non-hydrogen) atoms. The molecule has 0 aliphatic carbocycles. The standard InChI is InChI=1S/C25H30N6O3S/c1-16-14-19(17(2)30(16)21-10-9-18(34-5)15-22(21)31(32)33)24-23(20-8-6-7-11-26-20)27-25(35)29(24)13-12-28(3)4/h6-11,14-15,23-24H,12-13H2,1-5H3,(H,27,35). The number of nitro benzene ring substituents is 1. The van der Waals surface area contributed by atoms with Crippen molar-refractivity contribution in [3.8, 4) is 11.4 Å². The fourth-order valence-corrected chi connectivity index (χ4v) is 5.05. The Hall–Kier alpha value is -3.50. The van der Waals surface area contributed by atoms with Gasteiger partial charge in [-0.05, 0) is 76.1 Å². The summed E-state index contributed by atoms with van der Waals surface area (Å²) in [6, 6.07) is 12.6. The van der Waals surface area contributed by atoms with Crippen molar-refractivity contribution in [1.29, 1.82) is 0 Å². The lowest BCUT2D eigenvalue weighted by Crippen LogP contribution is -2.35. The highest BCUT2D eigenvalue weighted by Crippen LogP contribution is 2.42. The SMILES string of the molecule is COc1ccc(-n2c(C)cc(C3C(c4ccccn4)NC(=S)N3CCN(C)C)c2C)c([N+](=O)[O-])c1. The van der Waals surface area contributed by atoms with Crippen molar-refractivity contribution in [2.24, 2.45) is 0 Å². The summed E-state index contributed by atoms with van der Waals surface area (Å²) < 4.78 is 7.16. The van der Waals surface area contributed by atoms with Gasteiger partial charge in [0.1, 0.15) is 11.4 Å². The largest absolute Gasteiger partial charge is 0.496 e. The number of hydrogen-bond acceptors (Lipinski definition) is 6. The van der Waals surface area contributed by atoms with E-state index in [0.29, 0.717) is 16.5 Å². The van der Waals surface area contributed by atoms with Crippen molar-refractivity contribution in [3.63, 3.8) is 0 Å². The molecule has 3 aromatic rings. The van der Waals surface area contributed by atoms with Crippen LogP contribution in [0.15, 0.2) is 48.7 Å². The molecule has 1 aliphatic heterocycles. The topological polar surface area (TPSA) is 88.7 Å². The Morgan fingerprint density at radius 3 is 2.63 bits per heavy atom. The van der Waals surface area contributed by atoms with E-state index in [4.69, 9.17) is 17.0 Å². The van der Waals surface area contributed by atoms with Crippen LogP contribution in [-0.2, 0) is 0 Å². The number of nitrogens with zero attached hydrogens (tertiary/aromatic N) is 5. The van der Waals surface area contributed by atoms with Crippen molar-refractivity contribution in [1.82, 2.24) is 24.7 Å². The van der Waals surface area contributed by atoms with Gasteiger partial charge in [0.2, 0.25) is 0 Å². The molecule has 1 fully saturated rings. The number of likely N-dealkylation sites (N-methyl/N-ethyl adjacent to an activating group) is 1. The molecule has 0 saturated carbocycles. The van der Waals surface area contributed by atoms with Crippen molar-refractivity contribution < 1.29 is 9.66 Å². The lowest BCUT2D eigenvalue weighted by atomic mass is 9.96. The van der Waals surface area contributed by atoms with E-state index in [2.05, 4.69) is 26.2 Å². The number of nitro groups is 1. The number of benzene rings is 1. The Bertz CT molecular complexity index is 1240. The number of thiocarbonyl (C=S) groups is 1. The van der Waals surface area contributed by atoms with Crippen LogP contribution < -0.4 is 10.1 Å². The molecular formula is C25H30N6O3S. The minimum atomic E-state index is -0.372. The summed E-state index contributed by atoms with van der Waals surface area (Å²) in [6.07, 6.45) is 1.78. The Kier molecular flexibility index (Phi) is 7.04. The van der Waals surface area contributed by atoms with E-state index in [1.165, 1.54) is 13.2 Å². The van der Waals surface area contributed by atoms with Crippen LogP contribution in [0.1, 0.15) is 34.7 Å². The number of ether oxygens (including phenoxy) is 1. The van der Waals surface area contributed by atoms with Gasteiger partial charge in [0.15, 0.2) is 5.11 Å². The third kappa shape index (κ3) is 4.71. The Morgan fingerprint density at radius 1 is 1.23 bits per heavy atom. The first-order valence-corrected chi connectivity index (χ1v) is 11.8. The zero-order valence-electron chi connectivity index (χ0n) is 20.6. The average molecular weight is 495 g/mol. The van der Waals surface area contributed by atoms with Gasteiger partial charge in [-0.15, -0.1) is 0 Å². The van der Waals surface area contributed by atoms with Crippen molar-refractivity contribution in [2.45, 2.75) is 25.9 Å². The van der Waals surface area contributed by atoms with Crippen LogP contribution >= 0.6 is 12.2 Å². The molecule has 10 heteroatoms. The van der Waals surface area contributed by atoms with Crippen LogP contribution in [0.5, 0.6) is 5.75 Å². The quantitative estimate of drug-likeness (QED) is 0.286. The van der Waals surface area contributed by atoms with E-state index in [-0.39, 0.29) is 22.7 Å². The second kappa shape index (κ2) is 10.0. The molecule has 1 saturated heterocycles. The van der Waals surface area contributed by atoms with Crippen molar-refractivity contribution >= 4 is 23.0 Å². The summed E-state index contributed by atoms with van der Waals surface area (Å²) >= 11 is 5.76. The highest BCUT2D eigenvalue weighted by Gasteiger charge is 2.41. The summed E-state index contributed by atoms with van der Waals surface area (Å²) in [6.45, 7) is 5.53. The van der Waals surface area contributed by atoms with Crippen LogP contribution in [0, 0.1) is 24.0 Å². The third-order valence-corrected chi connectivity index (χ3v) is 6.75. The number of hydrogen-bond donors (Lipinski definition) is 1. The van der Waals surface area contributed by atoms with E-state index >= 15 is 0 Å². The number of aryl methyl sites for hydroxylation is 1. The molecule has 9 nitrogen and oxygen atoms in total. The average Bonchev–Trinajstić information content (AvgIpc) is 3.32. The molecule has 0 radical (unpaired) electrons. The molecule has 1 N–H and O–H groups in total. The van der Waals surface area contributed by atoms with Gasteiger partial charge in [-0.2, -0.15) is 0 Å². The second-order valence-corrected chi connectivity index (χ2v) is 9.28. The summed E-state index contributed by atoms with van der Waals surface area (Å²) in [5.41, 5.74) is 4.25. The molecule has 1 aliphatic rings. The summed E-state index contributed by atoms with van der Waals surface area (Å²) in [4.78, 5) is 20.5. The van der Waals surface area contributed by atoms with Gasteiger partial charge in [0.05, 0.1) is 35.9 Å². The van der Waals surface area contributed by atoms with Crippen LogP contribution in [0.3, 0.4) is 0 Å². The normalized spacial score (nSPS) is 17.7. The van der Waals surface area contributed by atoms with Crippen LogP contribution in [-0.4, -0.2) is 63.7 Å². The van der Waals surface area contributed by atoms with Gasteiger partial charge in [0.25, 0.3) is 5.69 Å². The maximum Gasteiger partial charge on any atom is 0.296 e. The van der Waals surface area contributed by atoms with Gasteiger partial charge < -0.3 is 24.4 Å². The predicted octanol–water partition coefficient (Wildman–Crippen LogP) is 3.94. The molecule has 3 heterocycles. The fourth-order valence-electron chi connectivity index (χ4n) is 4.72. The van der Waals surface area contributed by atoms with Crippen molar-refractivity contribution in [3.05, 3.63) is 81.4 Å². The lowest BCUT2D eigenvalue weighted by Gasteiger charge is -2.29. The Labute approximate surface area is 210 Å². The number of nitrogens with one attached hydrogen (secondary N) is 1. The van der Waals surface area contributed by atoms with Gasteiger partial charge >= 0.3 is 0 Å². The number of methoxy groups -OCH3 is 1. The van der Waals surface area contributed by atoms with E-state index in [9.17, 15) is 10.1 Å². The number of rotatable bonds is 8. The first kappa shape index (κ1) is 24.6. The lowest BCUT2D eigenvalue weighted by molar-refractivity contribution is -0.384. The first-order chi connectivity index (χ1) is 16.7. The molecule has 0 spiro atoms. The molecule has 4 rings (SSSR count). The fraction of sp³-hybridized carbons (Fsp3) is 0.360. The van der Waals surface area contributed by atoms with Crippen molar-refractivity contribution in [2.75, 3.05) is 34.3 Å². The summed E-state index contributed by atoms with van der Waals surface area (Å²) in [7, 11) is 5.57. The zero-order valence-corrected chi connectivity index (χ0v) is 21.4. The third-order valence-electron chi connectivity index (χ3n) is 6.39. The van der Waals surface area contributed by atoms with Crippen LogP contribution in [0.25, 0.3) is 5.69 Å². The molecule has 0 bridgehead atoms. The van der Waals surface area contributed by atoms with E-state index in [0.717, 1.165) is 35.7 Å². The molecule has 2 unspecified atom stereocenters. The summed E-state index contributed by atoms with van der Waals surface area (Å²) in [5.74, 6) is 0.443. The van der Waals surface area contributed by atoms with Gasteiger partial charge in [0, 0.05) is 30.7 Å². The highest BCUT2D eigenvalue weighted by atomic mass is 32.1. The maximum absolute atomic E-state index is 11.9. The molecule has 1 aromatic carbocycles. The second-order valence-electron chi connectivity index (χ2n) is 8.90. The van der Waals surface area contributed by atoms with Gasteiger partial charge in [-0.25, -0.2) is 0 Å². The highest BCUT2D eigenvalue weighted by molar-refractivity contribution is 7.80. The molecule has 2 atom stereocenters. The number of pyridine rings is 1. The Morgan fingerprint density at radius 2 is 2.00 bits per heavy atom. The zero-order chi connectivity index (χ0) is 25.3. The first-order valence-electron chi connectivity index (χ1n) is 11.4. The van der Waals surface area contributed by atoms with E-state index in [1.807, 2.05) is 50.7 Å². The Balaban J connectivity index is 1.85. The minimum absolute atomic E-state index is 0.0106. The predicted molar refractivity (Wildman–Crippen MR) is 139 cm³/mol. The molecule has 184 valence electrons. The van der Waals surface area contributed by atoms with E-state index in [1.54, 1.807) is 18.3 Å². The maximum atomic E-state index is 11.9. The molecule has 0 amide bonds. The molecule has 2 aromatic heterocycles. The minimum Gasteiger partial charge on any atom is -0.496 e. The van der Waals surface area contributed by atoms with Crippen LogP contribution in [0.4, 0.5) is 5.69 Å². The monoisotopic (exact) mass is 494 g/mol. The number of aromatic nitrogens is 2. The summed E-state index contributed by atoms with van der Waals surface area (Å²) in [5, 5.41) is 16.1. The van der Waals surface area contributed by atoms with E-state index < -0.39 is 0 Å². The van der Waals surface area contributed by atoms with Gasteiger partial charge in [-0.1, -0.05) is 6.07 Å². The molecular weight excluding hydrogens is 464 g/mol. The smallest absolute Gasteiger partial charge is 0.296 e. The van der Waals surface area contributed by atoms with Gasteiger partial charge in [-0.3, -0.25) is 15.1 Å². The van der Waals surface area contributed by atoms with Crippen LogP contribution in [0.2, 0.25) is 0 Å².